The highest BCUT2D eigenvalue weighted by Crippen LogP contribution is 2.65. The van der Waals surface area contributed by atoms with Crippen LogP contribution in [0.1, 0.15) is 44.7 Å². The first kappa shape index (κ1) is 12.7. The number of fused-ring (bicyclic) bond motifs is 2. The van der Waals surface area contributed by atoms with Gasteiger partial charge in [-0.25, -0.2) is 0 Å². The molecular weight excluding hydrogens is 232 g/mol. The molecular formula is C18H22O. The van der Waals surface area contributed by atoms with E-state index in [2.05, 4.69) is 58.0 Å². The summed E-state index contributed by atoms with van der Waals surface area (Å²) in [5.41, 5.74) is 3.44. The molecule has 2 atom stereocenters. The van der Waals surface area contributed by atoms with E-state index in [1.165, 1.54) is 5.56 Å². The SMILES string of the molecule is Cc1ccc(/C=C2/C(=O)[C@]3(C)CC[C@@H]2C3(C)C)cc1. The Hall–Kier alpha value is -1.37. The summed E-state index contributed by atoms with van der Waals surface area (Å²) >= 11 is 0. The van der Waals surface area contributed by atoms with Gasteiger partial charge in [0.2, 0.25) is 0 Å². The second-order valence-electron chi connectivity index (χ2n) is 6.98. The topological polar surface area (TPSA) is 17.1 Å². The molecule has 1 aromatic carbocycles. The van der Waals surface area contributed by atoms with Gasteiger partial charge in [-0.05, 0) is 48.3 Å². The molecule has 100 valence electrons. The summed E-state index contributed by atoms with van der Waals surface area (Å²) in [6, 6.07) is 8.43. The first-order valence-electron chi connectivity index (χ1n) is 7.19. The van der Waals surface area contributed by atoms with E-state index in [0.717, 1.165) is 24.0 Å². The number of Topliss-reactive ketones (excluding diaryl/α,β-unsaturated/α-hetero) is 1. The lowest BCUT2D eigenvalue weighted by Crippen LogP contribution is -2.32. The number of rotatable bonds is 1. The number of carbonyl (C=O) groups is 1. The minimum atomic E-state index is -0.145. The van der Waals surface area contributed by atoms with Crippen LogP contribution in [0.3, 0.4) is 0 Å². The van der Waals surface area contributed by atoms with Crippen LogP contribution in [0.5, 0.6) is 0 Å². The number of allylic oxidation sites excluding steroid dienone is 1. The molecule has 0 N–H and O–H groups in total. The molecule has 0 saturated heterocycles. The molecule has 1 aromatic rings. The first-order valence-corrected chi connectivity index (χ1v) is 7.19. The molecule has 0 amide bonds. The van der Waals surface area contributed by atoms with E-state index in [9.17, 15) is 4.79 Å². The largest absolute Gasteiger partial charge is 0.294 e. The number of aryl methyl sites for hydroxylation is 1. The number of ketones is 1. The first-order chi connectivity index (χ1) is 8.86. The average molecular weight is 254 g/mol. The molecule has 0 spiro atoms. The Bertz CT molecular complexity index is 562. The van der Waals surface area contributed by atoms with Crippen molar-refractivity contribution in [2.24, 2.45) is 16.7 Å². The highest BCUT2D eigenvalue weighted by molar-refractivity contribution is 6.07. The Morgan fingerprint density at radius 1 is 1.16 bits per heavy atom. The lowest BCUT2D eigenvalue weighted by molar-refractivity contribution is -0.125. The van der Waals surface area contributed by atoms with Crippen LogP contribution in [0.2, 0.25) is 0 Å². The second kappa shape index (κ2) is 3.82. The highest BCUT2D eigenvalue weighted by Gasteiger charge is 2.63. The third-order valence-electron chi connectivity index (χ3n) is 5.76. The fourth-order valence-corrected chi connectivity index (χ4v) is 3.94. The Morgan fingerprint density at radius 2 is 1.79 bits per heavy atom. The zero-order valence-electron chi connectivity index (χ0n) is 12.3. The van der Waals surface area contributed by atoms with Crippen molar-refractivity contribution in [2.45, 2.75) is 40.5 Å². The van der Waals surface area contributed by atoms with Gasteiger partial charge in [-0.2, -0.15) is 0 Å². The lowest BCUT2D eigenvalue weighted by Gasteiger charge is -2.31. The minimum Gasteiger partial charge on any atom is -0.294 e. The van der Waals surface area contributed by atoms with Gasteiger partial charge in [0.05, 0.1) is 0 Å². The minimum absolute atomic E-state index is 0.112. The standard InChI is InChI=1S/C18H22O/c1-12-5-7-13(8-6-12)11-14-15-9-10-18(4,16(14)19)17(15,2)3/h5-8,11,15H,9-10H2,1-4H3/b14-11+/t15-,18-/m0/s1. The fraction of sp³-hybridized carbons (Fsp3) is 0.500. The molecule has 1 heteroatoms. The lowest BCUT2D eigenvalue weighted by atomic mass is 9.70. The van der Waals surface area contributed by atoms with Crippen molar-refractivity contribution in [1.82, 2.24) is 0 Å². The highest BCUT2D eigenvalue weighted by atomic mass is 16.1. The van der Waals surface area contributed by atoms with E-state index < -0.39 is 0 Å². The summed E-state index contributed by atoms with van der Waals surface area (Å²) in [7, 11) is 0. The van der Waals surface area contributed by atoms with Crippen LogP contribution >= 0.6 is 0 Å². The number of hydrogen-bond donors (Lipinski definition) is 0. The van der Waals surface area contributed by atoms with Crippen LogP contribution in [0.4, 0.5) is 0 Å². The molecule has 0 unspecified atom stereocenters. The molecule has 0 heterocycles. The van der Waals surface area contributed by atoms with Gasteiger partial charge >= 0.3 is 0 Å². The zero-order chi connectivity index (χ0) is 13.8. The molecule has 0 radical (unpaired) electrons. The van der Waals surface area contributed by atoms with Crippen molar-refractivity contribution in [3.8, 4) is 0 Å². The summed E-state index contributed by atoms with van der Waals surface area (Å²) < 4.78 is 0. The zero-order valence-corrected chi connectivity index (χ0v) is 12.3. The maximum Gasteiger partial charge on any atom is 0.165 e. The van der Waals surface area contributed by atoms with E-state index in [0.29, 0.717) is 11.7 Å². The second-order valence-corrected chi connectivity index (χ2v) is 6.98. The van der Waals surface area contributed by atoms with E-state index in [4.69, 9.17) is 0 Å². The average Bonchev–Trinajstić information content (AvgIpc) is 2.66. The van der Waals surface area contributed by atoms with E-state index in [1.807, 2.05) is 0 Å². The molecule has 2 bridgehead atoms. The number of hydrogen-bond acceptors (Lipinski definition) is 1. The molecule has 0 aromatic heterocycles. The van der Waals surface area contributed by atoms with Gasteiger partial charge in [-0.3, -0.25) is 4.79 Å². The van der Waals surface area contributed by atoms with Crippen LogP contribution in [-0.2, 0) is 4.79 Å². The van der Waals surface area contributed by atoms with Gasteiger partial charge in [0, 0.05) is 5.41 Å². The summed E-state index contributed by atoms with van der Waals surface area (Å²) in [6.45, 7) is 8.77. The molecule has 0 aliphatic heterocycles. The monoisotopic (exact) mass is 254 g/mol. The fourth-order valence-electron chi connectivity index (χ4n) is 3.94. The molecule has 2 aliphatic carbocycles. The Labute approximate surface area is 115 Å². The van der Waals surface area contributed by atoms with Crippen molar-refractivity contribution >= 4 is 11.9 Å². The van der Waals surface area contributed by atoms with Gasteiger partial charge in [-0.15, -0.1) is 0 Å². The van der Waals surface area contributed by atoms with Crippen LogP contribution in [0.15, 0.2) is 29.8 Å². The third-order valence-corrected chi connectivity index (χ3v) is 5.76. The molecule has 19 heavy (non-hydrogen) atoms. The quantitative estimate of drug-likeness (QED) is 0.679. The number of benzene rings is 1. The molecule has 1 nitrogen and oxygen atoms in total. The summed E-state index contributed by atoms with van der Waals surface area (Å²) in [4.78, 5) is 12.7. The predicted octanol–water partition coefficient (Wildman–Crippen LogP) is 4.40. The van der Waals surface area contributed by atoms with Gasteiger partial charge in [0.1, 0.15) is 0 Å². The van der Waals surface area contributed by atoms with Crippen LogP contribution in [0, 0.1) is 23.7 Å². The molecule has 2 fully saturated rings. The summed E-state index contributed by atoms with van der Waals surface area (Å²) in [5, 5.41) is 0. The Kier molecular flexibility index (Phi) is 2.54. The maximum absolute atomic E-state index is 12.7. The number of carbonyl (C=O) groups excluding carboxylic acids is 1. The summed E-state index contributed by atoms with van der Waals surface area (Å²) in [6.07, 6.45) is 4.33. The molecule has 2 saturated carbocycles. The van der Waals surface area contributed by atoms with Gasteiger partial charge < -0.3 is 0 Å². The van der Waals surface area contributed by atoms with Crippen molar-refractivity contribution in [3.63, 3.8) is 0 Å². The normalized spacial score (nSPS) is 34.2. The maximum atomic E-state index is 12.7. The Balaban J connectivity index is 2.04. The van der Waals surface area contributed by atoms with Crippen molar-refractivity contribution in [3.05, 3.63) is 41.0 Å². The van der Waals surface area contributed by atoms with E-state index in [1.54, 1.807) is 0 Å². The van der Waals surface area contributed by atoms with Gasteiger partial charge in [-0.1, -0.05) is 50.6 Å². The van der Waals surface area contributed by atoms with E-state index >= 15 is 0 Å². The molecule has 3 rings (SSSR count). The summed E-state index contributed by atoms with van der Waals surface area (Å²) in [5.74, 6) is 0.820. The van der Waals surface area contributed by atoms with Gasteiger partial charge in [0.15, 0.2) is 5.78 Å². The van der Waals surface area contributed by atoms with Crippen molar-refractivity contribution < 1.29 is 4.79 Å². The van der Waals surface area contributed by atoms with Crippen LogP contribution < -0.4 is 0 Å². The predicted molar refractivity (Wildman–Crippen MR) is 78.8 cm³/mol. The van der Waals surface area contributed by atoms with E-state index in [-0.39, 0.29) is 10.8 Å². The Morgan fingerprint density at radius 3 is 2.32 bits per heavy atom. The van der Waals surface area contributed by atoms with Crippen molar-refractivity contribution in [1.29, 1.82) is 0 Å². The molecule has 2 aliphatic rings. The van der Waals surface area contributed by atoms with Crippen LogP contribution in [-0.4, -0.2) is 5.78 Å². The smallest absolute Gasteiger partial charge is 0.165 e. The van der Waals surface area contributed by atoms with Crippen molar-refractivity contribution in [2.75, 3.05) is 0 Å². The third kappa shape index (κ3) is 1.57. The van der Waals surface area contributed by atoms with Gasteiger partial charge in [0.25, 0.3) is 0 Å². The van der Waals surface area contributed by atoms with Crippen LogP contribution in [0.25, 0.3) is 6.08 Å².